The zero-order valence-corrected chi connectivity index (χ0v) is 11.0. The number of amidine groups is 1. The number of rotatable bonds is 2. The average Bonchev–Trinajstić information content (AvgIpc) is 3.21. The van der Waals surface area contributed by atoms with Gasteiger partial charge < -0.3 is 9.80 Å². The molecule has 1 saturated carbocycles. The van der Waals surface area contributed by atoms with E-state index >= 15 is 0 Å². The Bertz CT molecular complexity index is 428. The molecular formula is C15H21N3. The van der Waals surface area contributed by atoms with E-state index in [1.165, 1.54) is 5.56 Å². The van der Waals surface area contributed by atoms with Gasteiger partial charge in [0, 0.05) is 26.2 Å². The van der Waals surface area contributed by atoms with E-state index in [-0.39, 0.29) is 5.41 Å². The van der Waals surface area contributed by atoms with Gasteiger partial charge in [-0.2, -0.15) is 0 Å². The first-order valence-electron chi connectivity index (χ1n) is 6.80. The number of nitrogens with one attached hydrogen (secondary N) is 1. The van der Waals surface area contributed by atoms with E-state index in [2.05, 4.69) is 47.2 Å². The molecule has 0 radical (unpaired) electrons. The molecule has 3 heteroatoms. The summed E-state index contributed by atoms with van der Waals surface area (Å²) in [7, 11) is 2.16. The first-order chi connectivity index (χ1) is 8.72. The Morgan fingerprint density at radius 3 is 2.22 bits per heavy atom. The Hall–Kier alpha value is -1.35. The molecule has 0 unspecified atom stereocenters. The van der Waals surface area contributed by atoms with Crippen molar-refractivity contribution in [1.82, 2.24) is 9.80 Å². The molecule has 1 heterocycles. The molecule has 3 nitrogen and oxygen atoms in total. The highest BCUT2D eigenvalue weighted by atomic mass is 15.3. The van der Waals surface area contributed by atoms with E-state index in [9.17, 15) is 0 Å². The highest BCUT2D eigenvalue weighted by molar-refractivity contribution is 5.93. The SMILES string of the molecule is CN1CCN(C(=N)C2(c3ccccc3)CC2)CC1. The number of likely N-dealkylation sites (N-methyl/N-ethyl adjacent to an activating group) is 1. The standard InChI is InChI=1S/C15H21N3/c1-17-9-11-18(12-10-17)14(16)15(7-8-15)13-5-3-2-4-6-13/h2-6,16H,7-12H2,1H3. The van der Waals surface area contributed by atoms with Gasteiger partial charge in [0.15, 0.2) is 0 Å². The summed E-state index contributed by atoms with van der Waals surface area (Å²) in [5.74, 6) is 0.849. The molecule has 1 aromatic rings. The monoisotopic (exact) mass is 243 g/mol. The van der Waals surface area contributed by atoms with Crippen molar-refractivity contribution in [3.8, 4) is 0 Å². The Balaban J connectivity index is 1.77. The summed E-state index contributed by atoms with van der Waals surface area (Å²) in [6, 6.07) is 10.6. The van der Waals surface area contributed by atoms with Crippen LogP contribution in [0.3, 0.4) is 0 Å². The van der Waals surface area contributed by atoms with E-state index in [0.717, 1.165) is 44.9 Å². The minimum atomic E-state index is 0.0389. The number of hydrogen-bond acceptors (Lipinski definition) is 2. The molecule has 1 aliphatic carbocycles. The second-order valence-electron chi connectivity index (χ2n) is 5.59. The molecule has 0 atom stereocenters. The smallest absolute Gasteiger partial charge is 0.107 e. The van der Waals surface area contributed by atoms with Crippen LogP contribution in [-0.2, 0) is 5.41 Å². The summed E-state index contributed by atoms with van der Waals surface area (Å²) in [6.45, 7) is 4.16. The van der Waals surface area contributed by atoms with Crippen LogP contribution >= 0.6 is 0 Å². The van der Waals surface area contributed by atoms with Crippen LogP contribution in [-0.4, -0.2) is 48.9 Å². The zero-order valence-electron chi connectivity index (χ0n) is 11.0. The van der Waals surface area contributed by atoms with E-state index in [4.69, 9.17) is 5.41 Å². The van der Waals surface area contributed by atoms with Crippen LogP contribution in [0.4, 0.5) is 0 Å². The molecule has 0 bridgehead atoms. The summed E-state index contributed by atoms with van der Waals surface area (Å²) < 4.78 is 0. The Kier molecular flexibility index (Phi) is 2.86. The van der Waals surface area contributed by atoms with Gasteiger partial charge in [0.1, 0.15) is 5.84 Å². The van der Waals surface area contributed by atoms with E-state index < -0.39 is 0 Å². The van der Waals surface area contributed by atoms with Crippen LogP contribution in [0.15, 0.2) is 30.3 Å². The Labute approximate surface area is 109 Å². The molecule has 2 aliphatic rings. The molecule has 2 fully saturated rings. The van der Waals surface area contributed by atoms with Gasteiger partial charge in [-0.15, -0.1) is 0 Å². The summed E-state index contributed by atoms with van der Waals surface area (Å²) in [4.78, 5) is 4.62. The van der Waals surface area contributed by atoms with Crippen molar-refractivity contribution in [3.63, 3.8) is 0 Å². The summed E-state index contributed by atoms with van der Waals surface area (Å²) >= 11 is 0. The molecule has 3 rings (SSSR count). The van der Waals surface area contributed by atoms with Crippen LogP contribution in [0.25, 0.3) is 0 Å². The fourth-order valence-electron chi connectivity index (χ4n) is 2.88. The predicted octanol–water partition coefficient (Wildman–Crippen LogP) is 1.94. The van der Waals surface area contributed by atoms with E-state index in [0.29, 0.717) is 0 Å². The Morgan fingerprint density at radius 2 is 1.67 bits per heavy atom. The first kappa shape index (κ1) is 11.7. The topological polar surface area (TPSA) is 30.3 Å². The lowest BCUT2D eigenvalue weighted by atomic mass is 9.93. The lowest BCUT2D eigenvalue weighted by Gasteiger charge is -2.37. The van der Waals surface area contributed by atoms with Crippen LogP contribution in [0.5, 0.6) is 0 Å². The van der Waals surface area contributed by atoms with Gasteiger partial charge in [0.2, 0.25) is 0 Å². The molecule has 96 valence electrons. The van der Waals surface area contributed by atoms with Crippen molar-refractivity contribution in [1.29, 1.82) is 5.41 Å². The van der Waals surface area contributed by atoms with Crippen LogP contribution < -0.4 is 0 Å². The maximum atomic E-state index is 8.56. The normalized spacial score (nSPS) is 22.8. The molecule has 0 spiro atoms. The van der Waals surface area contributed by atoms with Gasteiger partial charge in [-0.25, -0.2) is 0 Å². The van der Waals surface area contributed by atoms with Crippen LogP contribution in [0, 0.1) is 5.41 Å². The molecule has 0 amide bonds. The Morgan fingerprint density at radius 1 is 1.06 bits per heavy atom. The fourth-order valence-corrected chi connectivity index (χ4v) is 2.88. The molecule has 1 saturated heterocycles. The fraction of sp³-hybridized carbons (Fsp3) is 0.533. The third-order valence-electron chi connectivity index (χ3n) is 4.35. The van der Waals surface area contributed by atoms with Crippen molar-refractivity contribution < 1.29 is 0 Å². The van der Waals surface area contributed by atoms with Gasteiger partial charge in [0.25, 0.3) is 0 Å². The number of benzene rings is 1. The van der Waals surface area contributed by atoms with Gasteiger partial charge >= 0.3 is 0 Å². The van der Waals surface area contributed by atoms with Gasteiger partial charge in [-0.05, 0) is 25.5 Å². The average molecular weight is 243 g/mol. The predicted molar refractivity (Wildman–Crippen MR) is 74.2 cm³/mol. The van der Waals surface area contributed by atoms with Gasteiger partial charge in [0.05, 0.1) is 5.41 Å². The quantitative estimate of drug-likeness (QED) is 0.635. The maximum absolute atomic E-state index is 8.56. The maximum Gasteiger partial charge on any atom is 0.107 e. The third kappa shape index (κ3) is 1.93. The molecule has 1 N–H and O–H groups in total. The van der Waals surface area contributed by atoms with E-state index in [1.807, 2.05) is 0 Å². The number of hydrogen-bond donors (Lipinski definition) is 1. The molecular weight excluding hydrogens is 222 g/mol. The number of nitrogens with zero attached hydrogens (tertiary/aromatic N) is 2. The molecule has 1 aromatic carbocycles. The van der Waals surface area contributed by atoms with E-state index in [1.54, 1.807) is 0 Å². The van der Waals surface area contributed by atoms with Crippen molar-refractivity contribution in [2.24, 2.45) is 0 Å². The van der Waals surface area contributed by atoms with Crippen molar-refractivity contribution in [3.05, 3.63) is 35.9 Å². The van der Waals surface area contributed by atoms with Crippen LogP contribution in [0.1, 0.15) is 18.4 Å². The second-order valence-corrected chi connectivity index (χ2v) is 5.59. The summed E-state index contributed by atoms with van der Waals surface area (Å²) in [5.41, 5.74) is 1.37. The molecule has 18 heavy (non-hydrogen) atoms. The van der Waals surface area contributed by atoms with Crippen molar-refractivity contribution in [2.45, 2.75) is 18.3 Å². The minimum absolute atomic E-state index is 0.0389. The van der Waals surface area contributed by atoms with Crippen molar-refractivity contribution in [2.75, 3.05) is 33.2 Å². The lowest BCUT2D eigenvalue weighted by molar-refractivity contribution is 0.210. The second kappa shape index (κ2) is 4.39. The van der Waals surface area contributed by atoms with Crippen LogP contribution in [0.2, 0.25) is 0 Å². The largest absolute Gasteiger partial charge is 0.357 e. The van der Waals surface area contributed by atoms with Gasteiger partial charge in [-0.3, -0.25) is 5.41 Å². The zero-order chi connectivity index (χ0) is 12.6. The molecule has 0 aromatic heterocycles. The minimum Gasteiger partial charge on any atom is -0.357 e. The first-order valence-corrected chi connectivity index (χ1v) is 6.80. The lowest BCUT2D eigenvalue weighted by Crippen LogP contribution is -2.50. The highest BCUT2D eigenvalue weighted by Gasteiger charge is 2.50. The van der Waals surface area contributed by atoms with Gasteiger partial charge in [-0.1, -0.05) is 30.3 Å². The summed E-state index contributed by atoms with van der Waals surface area (Å²) in [6.07, 6.45) is 2.28. The highest BCUT2D eigenvalue weighted by Crippen LogP contribution is 2.49. The summed E-state index contributed by atoms with van der Waals surface area (Å²) in [5, 5.41) is 8.56. The van der Waals surface area contributed by atoms with Crippen molar-refractivity contribution >= 4 is 5.84 Å². The molecule has 1 aliphatic heterocycles. The third-order valence-corrected chi connectivity index (χ3v) is 4.35. The number of piperazine rings is 1.